The molecule has 2 aromatic rings. The summed E-state index contributed by atoms with van der Waals surface area (Å²) in [6.45, 7) is 0.656. The van der Waals surface area contributed by atoms with Crippen molar-refractivity contribution in [1.29, 1.82) is 0 Å². The van der Waals surface area contributed by atoms with Crippen LogP contribution in [0.5, 0.6) is 0 Å². The summed E-state index contributed by atoms with van der Waals surface area (Å²) in [6.07, 6.45) is 1.81. The summed E-state index contributed by atoms with van der Waals surface area (Å²) >= 11 is 11.9. The molecule has 1 aromatic heterocycles. The van der Waals surface area contributed by atoms with Gasteiger partial charge in [0.1, 0.15) is 5.82 Å². The summed E-state index contributed by atoms with van der Waals surface area (Å²) in [6, 6.07) is 9.46. The molecular formula is C14H15Cl2N3. The molecule has 0 saturated heterocycles. The maximum absolute atomic E-state index is 5.96. The van der Waals surface area contributed by atoms with Crippen LogP contribution in [0.15, 0.2) is 36.5 Å². The number of halogens is 2. The molecular weight excluding hydrogens is 281 g/mol. The zero-order valence-corrected chi connectivity index (χ0v) is 12.3. The van der Waals surface area contributed by atoms with Gasteiger partial charge in [-0.1, -0.05) is 23.2 Å². The molecule has 0 atom stereocenters. The Morgan fingerprint density at radius 1 is 1.11 bits per heavy atom. The number of anilines is 2. The van der Waals surface area contributed by atoms with Gasteiger partial charge in [0, 0.05) is 30.7 Å². The van der Waals surface area contributed by atoms with Crippen LogP contribution in [0, 0.1) is 0 Å². The number of rotatable bonds is 4. The highest BCUT2D eigenvalue weighted by Crippen LogP contribution is 2.20. The number of pyridine rings is 1. The van der Waals surface area contributed by atoms with Crippen molar-refractivity contribution in [3.8, 4) is 0 Å². The number of benzene rings is 1. The van der Waals surface area contributed by atoms with Gasteiger partial charge in [-0.25, -0.2) is 4.98 Å². The van der Waals surface area contributed by atoms with Crippen molar-refractivity contribution in [2.45, 2.75) is 6.54 Å². The van der Waals surface area contributed by atoms with E-state index in [1.165, 1.54) is 0 Å². The summed E-state index contributed by atoms with van der Waals surface area (Å²) in [5.41, 5.74) is 2.00. The topological polar surface area (TPSA) is 28.2 Å². The van der Waals surface area contributed by atoms with Gasteiger partial charge in [0.2, 0.25) is 0 Å². The van der Waals surface area contributed by atoms with E-state index in [1.807, 2.05) is 49.5 Å². The quantitative estimate of drug-likeness (QED) is 0.922. The van der Waals surface area contributed by atoms with Crippen LogP contribution >= 0.6 is 23.2 Å². The molecule has 0 fully saturated rings. The molecule has 0 radical (unpaired) electrons. The molecule has 0 aliphatic heterocycles. The first-order valence-corrected chi connectivity index (χ1v) is 6.62. The predicted molar refractivity (Wildman–Crippen MR) is 82.4 cm³/mol. The summed E-state index contributed by atoms with van der Waals surface area (Å²) < 4.78 is 0. The fourth-order valence-electron chi connectivity index (χ4n) is 1.67. The van der Waals surface area contributed by atoms with E-state index in [1.54, 1.807) is 6.07 Å². The first-order chi connectivity index (χ1) is 9.04. The third-order valence-electron chi connectivity index (χ3n) is 2.63. The largest absolute Gasteiger partial charge is 0.380 e. The lowest BCUT2D eigenvalue weighted by Gasteiger charge is -2.12. The molecule has 1 heterocycles. The lowest BCUT2D eigenvalue weighted by molar-refractivity contribution is 1.06. The number of aromatic nitrogens is 1. The van der Waals surface area contributed by atoms with Gasteiger partial charge in [0.25, 0.3) is 0 Å². The Morgan fingerprint density at radius 3 is 2.32 bits per heavy atom. The van der Waals surface area contributed by atoms with E-state index in [0.717, 1.165) is 17.1 Å². The van der Waals surface area contributed by atoms with E-state index < -0.39 is 0 Å². The zero-order valence-electron chi connectivity index (χ0n) is 10.8. The van der Waals surface area contributed by atoms with Gasteiger partial charge in [0.15, 0.2) is 0 Å². The number of hydrogen-bond acceptors (Lipinski definition) is 3. The van der Waals surface area contributed by atoms with E-state index in [0.29, 0.717) is 16.6 Å². The highest BCUT2D eigenvalue weighted by Gasteiger charge is 2.00. The second-order valence-electron chi connectivity index (χ2n) is 4.43. The Bertz CT molecular complexity index is 533. The van der Waals surface area contributed by atoms with Crippen LogP contribution < -0.4 is 10.2 Å². The Hall–Kier alpha value is -1.45. The summed E-state index contributed by atoms with van der Waals surface area (Å²) in [5, 5.41) is 4.57. The van der Waals surface area contributed by atoms with Crippen molar-refractivity contribution in [3.05, 3.63) is 52.1 Å². The summed E-state index contributed by atoms with van der Waals surface area (Å²) in [4.78, 5) is 6.30. The second kappa shape index (κ2) is 6.13. The lowest BCUT2D eigenvalue weighted by atomic mass is 10.2. The molecule has 19 heavy (non-hydrogen) atoms. The van der Waals surface area contributed by atoms with Gasteiger partial charge in [-0.15, -0.1) is 0 Å². The van der Waals surface area contributed by atoms with Gasteiger partial charge in [-0.05, 0) is 35.9 Å². The van der Waals surface area contributed by atoms with Crippen LogP contribution in [-0.2, 0) is 6.54 Å². The average molecular weight is 296 g/mol. The fourth-order valence-corrected chi connectivity index (χ4v) is 2.24. The van der Waals surface area contributed by atoms with E-state index in [2.05, 4.69) is 10.3 Å². The molecule has 5 heteroatoms. The van der Waals surface area contributed by atoms with Crippen LogP contribution in [0.3, 0.4) is 0 Å². The fraction of sp³-hybridized carbons (Fsp3) is 0.214. The maximum Gasteiger partial charge on any atom is 0.128 e. The molecule has 0 unspecified atom stereocenters. The van der Waals surface area contributed by atoms with Crippen LogP contribution in [-0.4, -0.2) is 19.1 Å². The number of hydrogen-bond donors (Lipinski definition) is 1. The van der Waals surface area contributed by atoms with Crippen LogP contribution in [0.25, 0.3) is 0 Å². The smallest absolute Gasteiger partial charge is 0.128 e. The van der Waals surface area contributed by atoms with Crippen molar-refractivity contribution >= 4 is 34.7 Å². The Morgan fingerprint density at radius 2 is 1.79 bits per heavy atom. The first kappa shape index (κ1) is 14.0. The molecule has 2 rings (SSSR count). The van der Waals surface area contributed by atoms with E-state index in [-0.39, 0.29) is 0 Å². The van der Waals surface area contributed by atoms with Crippen LogP contribution in [0.1, 0.15) is 5.56 Å². The van der Waals surface area contributed by atoms with E-state index in [9.17, 15) is 0 Å². The van der Waals surface area contributed by atoms with E-state index >= 15 is 0 Å². The molecule has 1 N–H and O–H groups in total. The van der Waals surface area contributed by atoms with Gasteiger partial charge >= 0.3 is 0 Å². The minimum atomic E-state index is 0.644. The highest BCUT2D eigenvalue weighted by atomic mass is 35.5. The Labute approximate surface area is 123 Å². The second-order valence-corrected chi connectivity index (χ2v) is 5.30. The minimum absolute atomic E-state index is 0.644. The van der Waals surface area contributed by atoms with Gasteiger partial charge in [-0.2, -0.15) is 0 Å². The predicted octanol–water partition coefficient (Wildman–Crippen LogP) is 4.07. The highest BCUT2D eigenvalue weighted by molar-refractivity contribution is 6.34. The first-order valence-electron chi connectivity index (χ1n) is 5.87. The summed E-state index contributed by atoms with van der Waals surface area (Å²) in [5.74, 6) is 0.927. The van der Waals surface area contributed by atoms with Crippen LogP contribution in [0.4, 0.5) is 11.5 Å². The van der Waals surface area contributed by atoms with Crippen molar-refractivity contribution in [2.24, 2.45) is 0 Å². The number of nitrogens with one attached hydrogen (secondary N) is 1. The monoisotopic (exact) mass is 295 g/mol. The SMILES string of the molecule is CN(C)c1ccc(NCc2cc(Cl)cc(Cl)c2)cn1. The molecule has 0 saturated carbocycles. The third-order valence-corrected chi connectivity index (χ3v) is 3.06. The molecule has 1 aromatic carbocycles. The number of nitrogens with zero attached hydrogens (tertiary/aromatic N) is 2. The molecule has 100 valence electrons. The normalized spacial score (nSPS) is 10.3. The standard InChI is InChI=1S/C14H15Cl2N3/c1-19(2)14-4-3-13(9-18-14)17-8-10-5-11(15)7-12(16)6-10/h3-7,9,17H,8H2,1-2H3. The van der Waals surface area contributed by atoms with Gasteiger partial charge < -0.3 is 10.2 Å². The average Bonchev–Trinajstić information content (AvgIpc) is 2.36. The van der Waals surface area contributed by atoms with Gasteiger partial charge in [-0.3, -0.25) is 0 Å². The van der Waals surface area contributed by atoms with Crippen molar-refractivity contribution < 1.29 is 0 Å². The molecule has 0 amide bonds. The Kier molecular flexibility index (Phi) is 4.51. The van der Waals surface area contributed by atoms with Gasteiger partial charge in [0.05, 0.1) is 11.9 Å². The lowest BCUT2D eigenvalue weighted by Crippen LogP contribution is -2.10. The molecule has 0 aliphatic rings. The third kappa shape index (κ3) is 4.01. The van der Waals surface area contributed by atoms with Crippen molar-refractivity contribution in [3.63, 3.8) is 0 Å². The Balaban J connectivity index is 2.02. The maximum atomic E-state index is 5.96. The minimum Gasteiger partial charge on any atom is -0.380 e. The molecule has 3 nitrogen and oxygen atoms in total. The molecule has 0 aliphatic carbocycles. The zero-order chi connectivity index (χ0) is 13.8. The molecule has 0 bridgehead atoms. The van der Waals surface area contributed by atoms with Crippen molar-refractivity contribution in [1.82, 2.24) is 4.98 Å². The van der Waals surface area contributed by atoms with Crippen LogP contribution in [0.2, 0.25) is 10.0 Å². The molecule has 0 spiro atoms. The van der Waals surface area contributed by atoms with E-state index in [4.69, 9.17) is 23.2 Å². The summed E-state index contributed by atoms with van der Waals surface area (Å²) in [7, 11) is 3.92. The van der Waals surface area contributed by atoms with Crippen molar-refractivity contribution in [2.75, 3.05) is 24.3 Å².